The largest absolute Gasteiger partial charge is 0.376 e. The van der Waals surface area contributed by atoms with Crippen LogP contribution >= 0.6 is 0 Å². The zero-order valence-corrected chi connectivity index (χ0v) is 16.1. The number of aromatic nitrogens is 2. The Balaban J connectivity index is 1.32. The molecule has 0 aliphatic carbocycles. The summed E-state index contributed by atoms with van der Waals surface area (Å²) < 4.78 is 11.5. The summed E-state index contributed by atoms with van der Waals surface area (Å²) in [6.07, 6.45) is 5.61. The van der Waals surface area contributed by atoms with E-state index in [0.29, 0.717) is 36.8 Å². The summed E-state index contributed by atoms with van der Waals surface area (Å²) in [5.41, 5.74) is 0.932. The van der Waals surface area contributed by atoms with Crippen LogP contribution < -0.4 is 0 Å². The second-order valence-corrected chi connectivity index (χ2v) is 7.41. The van der Waals surface area contributed by atoms with Crippen LogP contribution in [-0.2, 0) is 9.47 Å². The number of carbonyl (C=O) groups is 1. The third-order valence-corrected chi connectivity index (χ3v) is 5.41. The molecule has 2 saturated heterocycles. The third-order valence-electron chi connectivity index (χ3n) is 5.41. The number of hydrogen-bond acceptors (Lipinski definition) is 6. The van der Waals surface area contributed by atoms with Crippen molar-refractivity contribution in [3.8, 4) is 11.4 Å². The number of carbonyl (C=O) groups excluding carboxylic acids is 1. The average Bonchev–Trinajstić information content (AvgIpc) is 3.44. The highest BCUT2D eigenvalue weighted by atomic mass is 16.6. The van der Waals surface area contributed by atoms with E-state index in [1.807, 2.05) is 0 Å². The normalized spacial score (nSPS) is 20.1. The lowest BCUT2D eigenvalue weighted by Crippen LogP contribution is -2.41. The summed E-state index contributed by atoms with van der Waals surface area (Å²) in [6.45, 7) is 2.70. The van der Waals surface area contributed by atoms with E-state index in [1.54, 1.807) is 17.0 Å². The van der Waals surface area contributed by atoms with Crippen LogP contribution in [-0.4, -0.2) is 64.2 Å². The standard InChI is InChI=1S/C20H24N4O5/c25-20(23-8-6-16(7-9-23)29-13-17-5-2-10-28-17)18-12-21-19(22-18)14-3-1-4-15(11-14)24(26)27/h1,3-4,11-12,16-17H,2,5-10,13H2,(H,21,22)/t17-/m0/s1. The number of rotatable bonds is 6. The first-order valence-corrected chi connectivity index (χ1v) is 9.92. The van der Waals surface area contributed by atoms with Crippen molar-refractivity contribution >= 4 is 11.6 Å². The van der Waals surface area contributed by atoms with Crippen LogP contribution in [0.4, 0.5) is 5.69 Å². The van der Waals surface area contributed by atoms with Gasteiger partial charge in [0, 0.05) is 37.4 Å². The highest BCUT2D eigenvalue weighted by Gasteiger charge is 2.26. The number of amides is 1. The van der Waals surface area contributed by atoms with Crippen LogP contribution in [0.25, 0.3) is 11.4 Å². The van der Waals surface area contributed by atoms with Gasteiger partial charge in [0.25, 0.3) is 11.6 Å². The Morgan fingerprint density at radius 3 is 2.90 bits per heavy atom. The minimum Gasteiger partial charge on any atom is -0.376 e. The minimum absolute atomic E-state index is 0.0168. The molecule has 1 N–H and O–H groups in total. The molecule has 1 aromatic carbocycles. The van der Waals surface area contributed by atoms with Crippen molar-refractivity contribution in [2.45, 2.75) is 37.9 Å². The Labute approximate surface area is 168 Å². The number of nitro benzene ring substituents is 1. The highest BCUT2D eigenvalue weighted by Crippen LogP contribution is 2.23. The Bertz CT molecular complexity index is 869. The molecule has 3 heterocycles. The molecule has 0 saturated carbocycles. The fourth-order valence-corrected chi connectivity index (χ4v) is 3.76. The van der Waals surface area contributed by atoms with E-state index in [2.05, 4.69) is 9.97 Å². The lowest BCUT2D eigenvalue weighted by atomic mass is 10.1. The average molecular weight is 400 g/mol. The van der Waals surface area contributed by atoms with E-state index in [4.69, 9.17) is 9.47 Å². The van der Waals surface area contributed by atoms with Gasteiger partial charge in [0.2, 0.25) is 0 Å². The van der Waals surface area contributed by atoms with Crippen LogP contribution in [0.2, 0.25) is 0 Å². The van der Waals surface area contributed by atoms with Gasteiger partial charge in [-0.05, 0) is 25.7 Å². The van der Waals surface area contributed by atoms with Gasteiger partial charge in [-0.3, -0.25) is 14.9 Å². The first-order valence-electron chi connectivity index (χ1n) is 9.92. The SMILES string of the molecule is O=C(c1cnc(-c2cccc([N+](=O)[O-])c2)[nH]1)N1CCC(OC[C@@H]2CCCO2)CC1. The summed E-state index contributed by atoms with van der Waals surface area (Å²) >= 11 is 0. The van der Waals surface area contributed by atoms with E-state index in [9.17, 15) is 14.9 Å². The molecule has 0 radical (unpaired) electrons. The van der Waals surface area contributed by atoms with Crippen LogP contribution in [0.3, 0.4) is 0 Å². The fraction of sp³-hybridized carbons (Fsp3) is 0.500. The van der Waals surface area contributed by atoms with Crippen LogP contribution in [0.5, 0.6) is 0 Å². The van der Waals surface area contributed by atoms with Gasteiger partial charge < -0.3 is 19.4 Å². The molecular formula is C20H24N4O5. The van der Waals surface area contributed by atoms with Crippen LogP contribution in [0.15, 0.2) is 30.5 Å². The number of imidazole rings is 1. The molecule has 29 heavy (non-hydrogen) atoms. The maximum atomic E-state index is 12.8. The quantitative estimate of drug-likeness (QED) is 0.590. The van der Waals surface area contributed by atoms with Gasteiger partial charge in [-0.25, -0.2) is 4.98 Å². The Kier molecular flexibility index (Phi) is 5.86. The van der Waals surface area contributed by atoms with Crippen LogP contribution in [0.1, 0.15) is 36.2 Å². The van der Waals surface area contributed by atoms with Gasteiger partial charge >= 0.3 is 0 Å². The number of aromatic amines is 1. The molecule has 0 spiro atoms. The second kappa shape index (κ2) is 8.71. The second-order valence-electron chi connectivity index (χ2n) is 7.41. The number of likely N-dealkylation sites (tertiary alicyclic amines) is 1. The molecule has 2 aliphatic heterocycles. The van der Waals surface area contributed by atoms with E-state index in [1.165, 1.54) is 18.3 Å². The lowest BCUT2D eigenvalue weighted by Gasteiger charge is -2.32. The molecule has 9 heteroatoms. The van der Waals surface area contributed by atoms with Crippen molar-refractivity contribution in [1.82, 2.24) is 14.9 Å². The summed E-state index contributed by atoms with van der Waals surface area (Å²) in [5.74, 6) is 0.318. The number of benzene rings is 1. The van der Waals surface area contributed by atoms with Gasteiger partial charge in [-0.15, -0.1) is 0 Å². The molecule has 2 aliphatic rings. The minimum atomic E-state index is -0.455. The van der Waals surface area contributed by atoms with E-state index < -0.39 is 4.92 Å². The molecule has 154 valence electrons. The van der Waals surface area contributed by atoms with Gasteiger partial charge in [0.05, 0.1) is 29.9 Å². The molecule has 2 aromatic rings. The summed E-state index contributed by atoms with van der Waals surface area (Å²) in [5, 5.41) is 10.9. The smallest absolute Gasteiger partial charge is 0.271 e. The van der Waals surface area contributed by atoms with Gasteiger partial charge in [0.15, 0.2) is 0 Å². The Morgan fingerprint density at radius 2 is 2.17 bits per heavy atom. The molecule has 1 amide bonds. The van der Waals surface area contributed by atoms with Crippen molar-refractivity contribution in [2.75, 3.05) is 26.3 Å². The first-order chi connectivity index (χ1) is 14.1. The maximum Gasteiger partial charge on any atom is 0.271 e. The molecule has 2 fully saturated rings. The first kappa shape index (κ1) is 19.5. The number of H-pyrrole nitrogens is 1. The Morgan fingerprint density at radius 1 is 1.34 bits per heavy atom. The Hall–Kier alpha value is -2.78. The van der Waals surface area contributed by atoms with Gasteiger partial charge in [-0.2, -0.15) is 0 Å². The van der Waals surface area contributed by atoms with E-state index in [0.717, 1.165) is 32.3 Å². The van der Waals surface area contributed by atoms with Crippen molar-refractivity contribution < 1.29 is 19.2 Å². The third kappa shape index (κ3) is 4.63. The summed E-state index contributed by atoms with van der Waals surface area (Å²) in [6, 6.07) is 6.17. The fourth-order valence-electron chi connectivity index (χ4n) is 3.76. The molecule has 1 atom stereocenters. The van der Waals surface area contributed by atoms with Crippen LogP contribution in [0, 0.1) is 10.1 Å². The summed E-state index contributed by atoms with van der Waals surface area (Å²) in [7, 11) is 0. The number of non-ortho nitro benzene ring substituents is 1. The maximum absolute atomic E-state index is 12.8. The zero-order chi connectivity index (χ0) is 20.2. The molecule has 9 nitrogen and oxygen atoms in total. The number of piperidine rings is 1. The predicted octanol–water partition coefficient (Wildman–Crippen LogP) is 2.79. The topological polar surface area (TPSA) is 111 Å². The number of nitrogens with zero attached hydrogens (tertiary/aromatic N) is 3. The van der Waals surface area contributed by atoms with Crippen molar-refractivity contribution in [3.05, 3.63) is 46.3 Å². The number of ether oxygens (including phenoxy) is 2. The molecule has 0 unspecified atom stereocenters. The number of hydrogen-bond donors (Lipinski definition) is 1. The number of nitro groups is 1. The van der Waals surface area contributed by atoms with E-state index in [-0.39, 0.29) is 23.8 Å². The van der Waals surface area contributed by atoms with Crippen molar-refractivity contribution in [2.24, 2.45) is 0 Å². The molecule has 4 rings (SSSR count). The number of nitrogens with one attached hydrogen (secondary N) is 1. The monoisotopic (exact) mass is 400 g/mol. The van der Waals surface area contributed by atoms with Crippen molar-refractivity contribution in [3.63, 3.8) is 0 Å². The summed E-state index contributed by atoms with van der Waals surface area (Å²) in [4.78, 5) is 32.3. The lowest BCUT2D eigenvalue weighted by molar-refractivity contribution is -0.384. The van der Waals surface area contributed by atoms with E-state index >= 15 is 0 Å². The highest BCUT2D eigenvalue weighted by molar-refractivity contribution is 5.92. The molecule has 1 aromatic heterocycles. The van der Waals surface area contributed by atoms with Gasteiger partial charge in [0.1, 0.15) is 11.5 Å². The zero-order valence-electron chi connectivity index (χ0n) is 16.1. The van der Waals surface area contributed by atoms with Gasteiger partial charge in [-0.1, -0.05) is 12.1 Å². The molecular weight excluding hydrogens is 376 g/mol. The predicted molar refractivity (Wildman–Crippen MR) is 105 cm³/mol. The molecule has 0 bridgehead atoms. The van der Waals surface area contributed by atoms with Crippen molar-refractivity contribution in [1.29, 1.82) is 0 Å².